The Balaban J connectivity index is 1.94. The molecule has 2 aromatic rings. The van der Waals surface area contributed by atoms with E-state index in [1.54, 1.807) is 12.5 Å². The van der Waals surface area contributed by atoms with Crippen LogP contribution in [0.5, 0.6) is 0 Å². The van der Waals surface area contributed by atoms with Gasteiger partial charge in [-0.2, -0.15) is 0 Å². The Bertz CT molecular complexity index is 340. The lowest BCUT2D eigenvalue weighted by Gasteiger charge is -1.96. The maximum atomic E-state index is 5.17. The van der Waals surface area contributed by atoms with E-state index in [1.807, 2.05) is 36.8 Å². The first-order valence-electron chi connectivity index (χ1n) is 4.22. The van der Waals surface area contributed by atoms with Crippen LogP contribution >= 0.6 is 0 Å². The number of aromatic nitrogens is 1. The molecule has 0 bridgehead atoms. The highest BCUT2D eigenvalue weighted by Gasteiger charge is 1.97. The van der Waals surface area contributed by atoms with E-state index in [2.05, 4.69) is 4.98 Å². The van der Waals surface area contributed by atoms with Gasteiger partial charge in [0.25, 0.3) is 0 Å². The smallest absolute Gasteiger partial charge is 0.107 e. The van der Waals surface area contributed by atoms with Gasteiger partial charge < -0.3 is 4.42 Å². The zero-order valence-corrected chi connectivity index (χ0v) is 7.18. The minimum atomic E-state index is 0.814. The lowest BCUT2D eigenvalue weighted by molar-refractivity contribution is 0.537. The fraction of sp³-hybridized carbons (Fsp3) is 0.0909. The molecule has 0 spiro atoms. The molecule has 0 fully saturated rings. The summed E-state index contributed by atoms with van der Waals surface area (Å²) in [6.07, 6.45) is 6.30. The molecule has 1 radical (unpaired) electrons. The van der Waals surface area contributed by atoms with E-state index in [-0.39, 0.29) is 0 Å². The Morgan fingerprint density at radius 2 is 2.23 bits per heavy atom. The van der Waals surface area contributed by atoms with Crippen molar-refractivity contribution in [3.8, 4) is 0 Å². The van der Waals surface area contributed by atoms with Crippen molar-refractivity contribution >= 4 is 0 Å². The quantitative estimate of drug-likeness (QED) is 0.710. The van der Waals surface area contributed by atoms with Crippen LogP contribution in [0, 0.1) is 6.42 Å². The van der Waals surface area contributed by atoms with Crippen LogP contribution in [0.25, 0.3) is 0 Å². The minimum absolute atomic E-state index is 0.814. The summed E-state index contributed by atoms with van der Waals surface area (Å²) in [4.78, 5) is 4.21. The summed E-state index contributed by atoms with van der Waals surface area (Å²) in [6, 6.07) is 9.71. The van der Waals surface area contributed by atoms with Gasteiger partial charge in [-0.15, -0.1) is 0 Å². The molecule has 2 heterocycles. The second-order valence-corrected chi connectivity index (χ2v) is 2.74. The van der Waals surface area contributed by atoms with Crippen molar-refractivity contribution in [3.05, 3.63) is 60.7 Å². The van der Waals surface area contributed by atoms with Crippen molar-refractivity contribution in [1.29, 1.82) is 0 Å². The zero-order chi connectivity index (χ0) is 8.93. The number of furan rings is 1. The number of rotatable bonds is 3. The fourth-order valence-corrected chi connectivity index (χ4v) is 1.13. The summed E-state index contributed by atoms with van der Waals surface area (Å²) in [6.45, 7) is 0. The largest absolute Gasteiger partial charge is 0.469 e. The fourth-order valence-electron chi connectivity index (χ4n) is 1.13. The molecule has 2 aromatic heterocycles. The molecule has 2 heteroatoms. The molecule has 0 saturated carbocycles. The number of nitrogens with zero attached hydrogens (tertiary/aromatic N) is 1. The van der Waals surface area contributed by atoms with E-state index in [9.17, 15) is 0 Å². The summed E-state index contributed by atoms with van der Waals surface area (Å²) in [5, 5.41) is 0. The normalized spacial score (nSPS) is 10.2. The van der Waals surface area contributed by atoms with Gasteiger partial charge in [0.15, 0.2) is 0 Å². The SMILES string of the molecule is [CH](Cc1ccccn1)c1ccco1. The third-order valence-electron chi connectivity index (χ3n) is 1.78. The summed E-state index contributed by atoms with van der Waals surface area (Å²) in [5.41, 5.74) is 1.05. The van der Waals surface area contributed by atoms with Gasteiger partial charge in [0, 0.05) is 24.7 Å². The standard InChI is InChI=1S/C11H10NO/c1-2-8-12-10(4-1)6-7-11-5-3-9-13-11/h1-5,7-9H,6H2. The average molecular weight is 172 g/mol. The average Bonchev–Trinajstić information content (AvgIpc) is 2.69. The lowest BCUT2D eigenvalue weighted by Crippen LogP contribution is -1.89. The van der Waals surface area contributed by atoms with Gasteiger partial charge in [-0.25, -0.2) is 0 Å². The molecular weight excluding hydrogens is 162 g/mol. The van der Waals surface area contributed by atoms with Gasteiger partial charge in [0.05, 0.1) is 6.26 Å². The Morgan fingerprint density at radius 3 is 2.92 bits per heavy atom. The lowest BCUT2D eigenvalue weighted by atomic mass is 10.2. The predicted molar refractivity (Wildman–Crippen MR) is 50.1 cm³/mol. The Kier molecular flexibility index (Phi) is 2.41. The van der Waals surface area contributed by atoms with Gasteiger partial charge in [-0.1, -0.05) is 6.07 Å². The molecule has 0 N–H and O–H groups in total. The number of hydrogen-bond donors (Lipinski definition) is 0. The Hall–Kier alpha value is -1.57. The van der Waals surface area contributed by atoms with E-state index >= 15 is 0 Å². The van der Waals surface area contributed by atoms with Gasteiger partial charge in [0.2, 0.25) is 0 Å². The Labute approximate surface area is 77.2 Å². The molecule has 0 aromatic carbocycles. The summed E-state index contributed by atoms with van der Waals surface area (Å²) in [7, 11) is 0. The highest BCUT2D eigenvalue weighted by atomic mass is 16.3. The molecule has 0 atom stereocenters. The molecule has 0 aliphatic carbocycles. The second-order valence-electron chi connectivity index (χ2n) is 2.74. The molecule has 0 amide bonds. The molecule has 2 nitrogen and oxygen atoms in total. The van der Waals surface area contributed by atoms with Crippen molar-refractivity contribution in [3.63, 3.8) is 0 Å². The number of hydrogen-bond acceptors (Lipinski definition) is 2. The van der Waals surface area contributed by atoms with Crippen LogP contribution < -0.4 is 0 Å². The van der Waals surface area contributed by atoms with Crippen LogP contribution in [0.15, 0.2) is 47.2 Å². The topological polar surface area (TPSA) is 26.0 Å². The van der Waals surface area contributed by atoms with Gasteiger partial charge >= 0.3 is 0 Å². The van der Waals surface area contributed by atoms with Crippen molar-refractivity contribution in [2.75, 3.05) is 0 Å². The highest BCUT2D eigenvalue weighted by molar-refractivity contribution is 5.14. The van der Waals surface area contributed by atoms with Crippen LogP contribution in [0.4, 0.5) is 0 Å². The molecule has 65 valence electrons. The Morgan fingerprint density at radius 1 is 1.23 bits per heavy atom. The van der Waals surface area contributed by atoms with E-state index < -0.39 is 0 Å². The van der Waals surface area contributed by atoms with Gasteiger partial charge in [0.1, 0.15) is 5.76 Å². The van der Waals surface area contributed by atoms with E-state index in [0.29, 0.717) is 0 Å². The summed E-state index contributed by atoms with van der Waals surface area (Å²) >= 11 is 0. The van der Waals surface area contributed by atoms with Crippen molar-refractivity contribution in [2.24, 2.45) is 0 Å². The van der Waals surface area contributed by atoms with Gasteiger partial charge in [-0.3, -0.25) is 4.98 Å². The van der Waals surface area contributed by atoms with Crippen LogP contribution in [-0.4, -0.2) is 4.98 Å². The van der Waals surface area contributed by atoms with Crippen molar-refractivity contribution in [1.82, 2.24) is 4.98 Å². The maximum absolute atomic E-state index is 5.17. The van der Waals surface area contributed by atoms with E-state index in [0.717, 1.165) is 17.9 Å². The summed E-state index contributed by atoms with van der Waals surface area (Å²) < 4.78 is 5.17. The first-order chi connectivity index (χ1) is 6.45. The molecular formula is C11H10NO. The van der Waals surface area contributed by atoms with Crippen LogP contribution in [0.1, 0.15) is 11.5 Å². The molecule has 0 unspecified atom stereocenters. The van der Waals surface area contributed by atoms with Crippen LogP contribution in [-0.2, 0) is 6.42 Å². The van der Waals surface area contributed by atoms with Crippen LogP contribution in [0.2, 0.25) is 0 Å². The molecule has 0 aliphatic heterocycles. The molecule has 13 heavy (non-hydrogen) atoms. The zero-order valence-electron chi connectivity index (χ0n) is 7.18. The third kappa shape index (κ3) is 2.18. The first-order valence-corrected chi connectivity index (χ1v) is 4.22. The van der Waals surface area contributed by atoms with Crippen LogP contribution in [0.3, 0.4) is 0 Å². The summed E-state index contributed by atoms with van der Waals surface area (Å²) in [5.74, 6) is 0.894. The molecule has 2 rings (SSSR count). The van der Waals surface area contributed by atoms with Crippen molar-refractivity contribution < 1.29 is 4.42 Å². The highest BCUT2D eigenvalue weighted by Crippen LogP contribution is 2.07. The van der Waals surface area contributed by atoms with Gasteiger partial charge in [-0.05, 0) is 24.3 Å². The monoisotopic (exact) mass is 172 g/mol. The molecule has 0 saturated heterocycles. The third-order valence-corrected chi connectivity index (χ3v) is 1.78. The minimum Gasteiger partial charge on any atom is -0.469 e. The predicted octanol–water partition coefficient (Wildman–Crippen LogP) is 2.47. The number of pyridine rings is 1. The second kappa shape index (κ2) is 3.90. The van der Waals surface area contributed by atoms with E-state index in [4.69, 9.17) is 4.42 Å². The maximum Gasteiger partial charge on any atom is 0.107 e. The van der Waals surface area contributed by atoms with Crippen molar-refractivity contribution in [2.45, 2.75) is 6.42 Å². The molecule has 0 aliphatic rings. The van der Waals surface area contributed by atoms with E-state index in [1.165, 1.54) is 0 Å². The first kappa shape index (κ1) is 8.05.